The van der Waals surface area contributed by atoms with E-state index in [2.05, 4.69) is 35.0 Å². The third kappa shape index (κ3) is 2.32. The molecule has 0 saturated heterocycles. The van der Waals surface area contributed by atoms with Crippen LogP contribution in [-0.2, 0) is 6.54 Å². The van der Waals surface area contributed by atoms with Crippen LogP contribution in [0.4, 0.5) is 0 Å². The maximum atomic E-state index is 5.77. The summed E-state index contributed by atoms with van der Waals surface area (Å²) in [6.07, 6.45) is 2.90. The topological polar surface area (TPSA) is 55.9 Å². The Hall–Kier alpha value is -1.21. The molecule has 0 aliphatic rings. The number of aryl methyl sites for hydroxylation is 1. The summed E-state index contributed by atoms with van der Waals surface area (Å²) in [4.78, 5) is 1.24. The zero-order chi connectivity index (χ0) is 13.2. The quantitative estimate of drug-likeness (QED) is 0.561. The summed E-state index contributed by atoms with van der Waals surface area (Å²) >= 11 is 3.56. The average molecular weight is 292 g/mol. The van der Waals surface area contributed by atoms with Gasteiger partial charge in [-0.15, -0.1) is 22.7 Å². The second-order valence-corrected chi connectivity index (χ2v) is 6.44. The van der Waals surface area contributed by atoms with Crippen molar-refractivity contribution in [2.75, 3.05) is 0 Å². The van der Waals surface area contributed by atoms with Gasteiger partial charge in [0.25, 0.3) is 0 Å². The highest BCUT2D eigenvalue weighted by Crippen LogP contribution is 2.35. The van der Waals surface area contributed by atoms with E-state index in [1.54, 1.807) is 22.7 Å². The van der Waals surface area contributed by atoms with Crippen LogP contribution in [0.5, 0.6) is 0 Å². The van der Waals surface area contributed by atoms with Crippen molar-refractivity contribution in [3.05, 3.63) is 40.3 Å². The molecule has 1 atom stereocenters. The number of aromatic nitrogens is 2. The van der Waals surface area contributed by atoms with Crippen LogP contribution in [0.1, 0.15) is 30.0 Å². The predicted octanol–water partition coefficient (Wildman–Crippen LogP) is 3.12. The van der Waals surface area contributed by atoms with Crippen molar-refractivity contribution in [2.45, 2.75) is 25.9 Å². The normalized spacial score (nSPS) is 13.2. The van der Waals surface area contributed by atoms with Crippen LogP contribution < -0.4 is 11.3 Å². The van der Waals surface area contributed by atoms with Gasteiger partial charge in [-0.05, 0) is 30.0 Å². The SMILES string of the molecule is CCCn1nccc1C(NN)c1cc2sccc2s1. The molecule has 0 aromatic carbocycles. The Bertz CT molecular complexity index is 638. The molecule has 0 radical (unpaired) electrons. The Morgan fingerprint density at radius 1 is 1.42 bits per heavy atom. The van der Waals surface area contributed by atoms with Crippen molar-refractivity contribution < 1.29 is 0 Å². The Balaban J connectivity index is 1.99. The molecule has 0 bridgehead atoms. The Labute approximate surface area is 119 Å². The van der Waals surface area contributed by atoms with Gasteiger partial charge < -0.3 is 0 Å². The molecule has 1 unspecified atom stereocenters. The van der Waals surface area contributed by atoms with Crippen molar-refractivity contribution in [3.8, 4) is 0 Å². The molecule has 3 rings (SSSR count). The number of hydrazine groups is 1. The number of thiophene rings is 2. The lowest BCUT2D eigenvalue weighted by Crippen LogP contribution is -2.30. The van der Waals surface area contributed by atoms with E-state index in [9.17, 15) is 0 Å². The van der Waals surface area contributed by atoms with E-state index >= 15 is 0 Å². The maximum absolute atomic E-state index is 5.77. The second kappa shape index (κ2) is 5.42. The molecule has 3 N–H and O–H groups in total. The first-order chi connectivity index (χ1) is 9.33. The Kier molecular flexibility index (Phi) is 3.65. The van der Waals surface area contributed by atoms with E-state index in [0.717, 1.165) is 18.7 Å². The summed E-state index contributed by atoms with van der Waals surface area (Å²) in [7, 11) is 0. The molecular weight excluding hydrogens is 276 g/mol. The van der Waals surface area contributed by atoms with Crippen molar-refractivity contribution in [2.24, 2.45) is 5.84 Å². The largest absolute Gasteiger partial charge is 0.270 e. The van der Waals surface area contributed by atoms with E-state index in [0.29, 0.717) is 0 Å². The molecule has 3 aromatic heterocycles. The minimum absolute atomic E-state index is 0.0126. The van der Waals surface area contributed by atoms with E-state index in [1.165, 1.54) is 14.3 Å². The lowest BCUT2D eigenvalue weighted by Gasteiger charge is -2.16. The van der Waals surface area contributed by atoms with Gasteiger partial charge in [0.05, 0.1) is 11.7 Å². The van der Waals surface area contributed by atoms with E-state index in [4.69, 9.17) is 5.84 Å². The van der Waals surface area contributed by atoms with E-state index < -0.39 is 0 Å². The monoisotopic (exact) mass is 292 g/mol. The molecule has 6 heteroatoms. The smallest absolute Gasteiger partial charge is 0.0970 e. The lowest BCUT2D eigenvalue weighted by molar-refractivity contribution is 0.524. The fourth-order valence-corrected chi connectivity index (χ4v) is 4.42. The van der Waals surface area contributed by atoms with Gasteiger partial charge in [0.15, 0.2) is 0 Å². The molecule has 3 aromatic rings. The second-order valence-electron chi connectivity index (χ2n) is 4.38. The number of fused-ring (bicyclic) bond motifs is 1. The fourth-order valence-electron chi connectivity index (χ4n) is 2.23. The molecule has 0 spiro atoms. The Morgan fingerprint density at radius 3 is 3.05 bits per heavy atom. The number of hydrogen-bond donors (Lipinski definition) is 2. The summed E-state index contributed by atoms with van der Waals surface area (Å²) in [6.45, 7) is 3.07. The number of nitrogens with zero attached hydrogens (tertiary/aromatic N) is 2. The van der Waals surface area contributed by atoms with Gasteiger partial charge >= 0.3 is 0 Å². The standard InChI is InChI=1S/C13H16N4S2/c1-2-6-17-9(3-5-15-17)13(16-14)12-8-11-10(19-12)4-7-18-11/h3-5,7-8,13,16H,2,6,14H2,1H3. The zero-order valence-electron chi connectivity index (χ0n) is 10.7. The van der Waals surface area contributed by atoms with Crippen LogP contribution in [0.15, 0.2) is 29.8 Å². The van der Waals surface area contributed by atoms with Gasteiger partial charge in [0, 0.05) is 27.0 Å². The first-order valence-corrected chi connectivity index (χ1v) is 7.98. The van der Waals surface area contributed by atoms with Crippen LogP contribution in [0.3, 0.4) is 0 Å². The minimum atomic E-state index is 0.0126. The first kappa shape index (κ1) is 12.8. The van der Waals surface area contributed by atoms with E-state index in [-0.39, 0.29) is 6.04 Å². The zero-order valence-corrected chi connectivity index (χ0v) is 12.3. The van der Waals surface area contributed by atoms with Crippen LogP contribution in [0.25, 0.3) is 9.40 Å². The van der Waals surface area contributed by atoms with Crippen molar-refractivity contribution in [1.29, 1.82) is 0 Å². The van der Waals surface area contributed by atoms with Gasteiger partial charge in [-0.25, -0.2) is 5.43 Å². The lowest BCUT2D eigenvalue weighted by atomic mass is 10.2. The van der Waals surface area contributed by atoms with Gasteiger partial charge in [-0.1, -0.05) is 6.92 Å². The summed E-state index contributed by atoms with van der Waals surface area (Å²) in [5, 5.41) is 6.49. The maximum Gasteiger partial charge on any atom is 0.0970 e. The molecule has 0 aliphatic carbocycles. The van der Waals surface area contributed by atoms with Gasteiger partial charge in [0.1, 0.15) is 0 Å². The molecular formula is C13H16N4S2. The minimum Gasteiger partial charge on any atom is -0.270 e. The van der Waals surface area contributed by atoms with Crippen LogP contribution >= 0.6 is 22.7 Å². The summed E-state index contributed by atoms with van der Waals surface area (Å²) in [5.41, 5.74) is 4.05. The van der Waals surface area contributed by atoms with Crippen molar-refractivity contribution in [3.63, 3.8) is 0 Å². The fraction of sp³-hybridized carbons (Fsp3) is 0.308. The van der Waals surface area contributed by atoms with Crippen LogP contribution in [-0.4, -0.2) is 9.78 Å². The summed E-state index contributed by atoms with van der Waals surface area (Å²) < 4.78 is 4.67. The molecule has 0 fully saturated rings. The highest BCUT2D eigenvalue weighted by molar-refractivity contribution is 7.27. The number of nitrogens with two attached hydrogens (primary N) is 1. The summed E-state index contributed by atoms with van der Waals surface area (Å²) in [5.74, 6) is 5.77. The Morgan fingerprint density at radius 2 is 2.32 bits per heavy atom. The molecule has 3 heterocycles. The van der Waals surface area contributed by atoms with E-state index in [1.807, 2.05) is 16.9 Å². The molecule has 0 amide bonds. The highest BCUT2D eigenvalue weighted by Gasteiger charge is 2.19. The molecule has 4 nitrogen and oxygen atoms in total. The molecule has 0 aliphatic heterocycles. The molecule has 0 saturated carbocycles. The third-order valence-corrected chi connectivity index (χ3v) is 5.25. The van der Waals surface area contributed by atoms with Crippen LogP contribution in [0, 0.1) is 0 Å². The van der Waals surface area contributed by atoms with Gasteiger partial charge in [0.2, 0.25) is 0 Å². The molecule has 100 valence electrons. The molecule has 19 heavy (non-hydrogen) atoms. The average Bonchev–Trinajstić information content (AvgIpc) is 3.07. The highest BCUT2D eigenvalue weighted by atomic mass is 32.1. The number of nitrogens with one attached hydrogen (secondary N) is 1. The van der Waals surface area contributed by atoms with Crippen molar-refractivity contribution in [1.82, 2.24) is 15.2 Å². The predicted molar refractivity (Wildman–Crippen MR) is 81.4 cm³/mol. The van der Waals surface area contributed by atoms with Crippen molar-refractivity contribution >= 4 is 32.1 Å². The first-order valence-electron chi connectivity index (χ1n) is 6.28. The number of hydrogen-bond acceptors (Lipinski definition) is 5. The number of rotatable bonds is 5. The van der Waals surface area contributed by atoms with Gasteiger partial charge in [-0.2, -0.15) is 5.10 Å². The third-order valence-electron chi connectivity index (χ3n) is 3.09. The van der Waals surface area contributed by atoms with Crippen LogP contribution in [0.2, 0.25) is 0 Å². The van der Waals surface area contributed by atoms with Gasteiger partial charge in [-0.3, -0.25) is 10.5 Å². The summed E-state index contributed by atoms with van der Waals surface area (Å²) in [6, 6.07) is 6.43.